The summed E-state index contributed by atoms with van der Waals surface area (Å²) in [6.07, 6.45) is 2.18. The van der Waals surface area contributed by atoms with E-state index < -0.39 is 0 Å². The van der Waals surface area contributed by atoms with Gasteiger partial charge in [0, 0.05) is 36.7 Å². The van der Waals surface area contributed by atoms with E-state index in [1.807, 2.05) is 18.3 Å². The maximum Gasteiger partial charge on any atom is 0.312 e. The van der Waals surface area contributed by atoms with Crippen LogP contribution < -0.4 is 5.32 Å². The first-order chi connectivity index (χ1) is 13.1. The third-order valence-electron chi connectivity index (χ3n) is 4.29. The number of carbonyl (C=O) groups excluding carboxylic acids is 2. The SMILES string of the molecule is CCOC(=O)Cc1nc2ccc(Br)cn2c1NC(=O)CCN1CCOCC1. The highest BCUT2D eigenvalue weighted by Crippen LogP contribution is 2.22. The Morgan fingerprint density at radius 2 is 2.11 bits per heavy atom. The van der Waals surface area contributed by atoms with Crippen LogP contribution in [-0.2, 0) is 25.5 Å². The lowest BCUT2D eigenvalue weighted by molar-refractivity contribution is -0.142. The lowest BCUT2D eigenvalue weighted by atomic mass is 10.3. The summed E-state index contributed by atoms with van der Waals surface area (Å²) in [5.41, 5.74) is 1.15. The molecule has 1 fully saturated rings. The van der Waals surface area contributed by atoms with Crippen molar-refractivity contribution < 1.29 is 19.1 Å². The first-order valence-electron chi connectivity index (χ1n) is 8.99. The topological polar surface area (TPSA) is 85.2 Å². The second-order valence-corrected chi connectivity index (χ2v) is 7.13. The number of pyridine rings is 1. The van der Waals surface area contributed by atoms with Crippen molar-refractivity contribution in [3.8, 4) is 0 Å². The molecule has 2 aromatic rings. The van der Waals surface area contributed by atoms with Crippen molar-refractivity contribution in [3.05, 3.63) is 28.5 Å². The molecule has 0 aliphatic carbocycles. The molecule has 0 unspecified atom stereocenters. The molecule has 0 spiro atoms. The lowest BCUT2D eigenvalue weighted by Crippen LogP contribution is -2.38. The Labute approximate surface area is 166 Å². The number of carbonyl (C=O) groups is 2. The summed E-state index contributed by atoms with van der Waals surface area (Å²) in [6, 6.07) is 3.68. The van der Waals surface area contributed by atoms with Crippen molar-refractivity contribution >= 4 is 39.3 Å². The Kier molecular flexibility index (Phi) is 6.81. The normalized spacial score (nSPS) is 15.0. The fourth-order valence-electron chi connectivity index (χ4n) is 2.95. The standard InChI is InChI=1S/C18H23BrN4O4/c1-2-27-17(25)11-14-18(23-12-13(19)3-4-15(23)20-14)21-16(24)5-6-22-7-9-26-10-8-22/h3-4,12H,2,5-11H2,1H3,(H,21,24). The summed E-state index contributed by atoms with van der Waals surface area (Å²) < 4.78 is 13.0. The first kappa shape index (κ1) is 19.8. The van der Waals surface area contributed by atoms with Crippen molar-refractivity contribution in [2.24, 2.45) is 0 Å². The number of morpholine rings is 1. The van der Waals surface area contributed by atoms with Gasteiger partial charge in [-0.05, 0) is 35.0 Å². The molecule has 146 valence electrons. The number of esters is 1. The minimum absolute atomic E-state index is 0.00617. The summed E-state index contributed by atoms with van der Waals surface area (Å²) in [6.45, 7) is 5.81. The van der Waals surface area contributed by atoms with Gasteiger partial charge in [0.15, 0.2) is 0 Å². The van der Waals surface area contributed by atoms with Gasteiger partial charge in [-0.25, -0.2) is 4.98 Å². The van der Waals surface area contributed by atoms with E-state index in [0.29, 0.717) is 49.9 Å². The number of hydrogen-bond acceptors (Lipinski definition) is 6. The number of nitrogens with zero attached hydrogens (tertiary/aromatic N) is 3. The summed E-state index contributed by atoms with van der Waals surface area (Å²) in [4.78, 5) is 31.1. The number of ether oxygens (including phenoxy) is 2. The summed E-state index contributed by atoms with van der Waals surface area (Å²) in [7, 11) is 0. The molecule has 8 nitrogen and oxygen atoms in total. The van der Waals surface area contributed by atoms with Crippen molar-refractivity contribution in [3.63, 3.8) is 0 Å². The molecule has 0 radical (unpaired) electrons. The largest absolute Gasteiger partial charge is 0.466 e. The Hall–Kier alpha value is -1.97. The number of aromatic nitrogens is 2. The van der Waals surface area contributed by atoms with E-state index in [0.717, 1.165) is 17.6 Å². The van der Waals surface area contributed by atoms with Crippen molar-refractivity contribution in [1.82, 2.24) is 14.3 Å². The van der Waals surface area contributed by atoms with Gasteiger partial charge in [0.2, 0.25) is 5.91 Å². The molecule has 0 saturated carbocycles. The Bertz CT molecular complexity index is 817. The molecule has 9 heteroatoms. The van der Waals surface area contributed by atoms with Gasteiger partial charge in [-0.1, -0.05) is 0 Å². The van der Waals surface area contributed by atoms with Gasteiger partial charge in [0.1, 0.15) is 11.5 Å². The molecule has 1 saturated heterocycles. The molecule has 0 bridgehead atoms. The van der Waals surface area contributed by atoms with Gasteiger partial charge in [0.25, 0.3) is 0 Å². The quantitative estimate of drug-likeness (QED) is 0.664. The summed E-state index contributed by atoms with van der Waals surface area (Å²) in [5, 5.41) is 2.92. The number of anilines is 1. The molecule has 0 atom stereocenters. The van der Waals surface area contributed by atoms with E-state index in [1.54, 1.807) is 11.3 Å². The molecular weight excluding hydrogens is 416 g/mol. The zero-order chi connectivity index (χ0) is 19.2. The number of hydrogen-bond donors (Lipinski definition) is 1. The number of rotatable bonds is 7. The number of halogens is 1. The number of amides is 1. The predicted molar refractivity (Wildman–Crippen MR) is 104 cm³/mol. The lowest BCUT2D eigenvalue weighted by Gasteiger charge is -2.26. The number of fused-ring (bicyclic) bond motifs is 1. The monoisotopic (exact) mass is 438 g/mol. The van der Waals surface area contributed by atoms with Gasteiger partial charge < -0.3 is 14.8 Å². The van der Waals surface area contributed by atoms with Gasteiger partial charge in [0.05, 0.1) is 31.9 Å². The van der Waals surface area contributed by atoms with Crippen LogP contribution in [0.25, 0.3) is 5.65 Å². The van der Waals surface area contributed by atoms with E-state index in [4.69, 9.17) is 9.47 Å². The molecule has 1 amide bonds. The van der Waals surface area contributed by atoms with Crippen LogP contribution in [0.15, 0.2) is 22.8 Å². The highest BCUT2D eigenvalue weighted by Gasteiger charge is 2.19. The minimum atomic E-state index is -0.371. The predicted octanol–water partition coefficient (Wildman–Crippen LogP) is 1.86. The second-order valence-electron chi connectivity index (χ2n) is 6.22. The van der Waals surface area contributed by atoms with Crippen LogP contribution in [0.2, 0.25) is 0 Å². The summed E-state index contributed by atoms with van der Waals surface area (Å²) in [5.74, 6) is 0.0171. The van der Waals surface area contributed by atoms with Gasteiger partial charge >= 0.3 is 5.97 Å². The molecule has 1 N–H and O–H groups in total. The molecule has 0 aromatic carbocycles. The fourth-order valence-corrected chi connectivity index (χ4v) is 3.29. The van der Waals surface area contributed by atoms with Crippen molar-refractivity contribution in [2.75, 3.05) is 44.8 Å². The highest BCUT2D eigenvalue weighted by atomic mass is 79.9. The summed E-state index contributed by atoms with van der Waals surface area (Å²) >= 11 is 3.43. The number of imidazole rings is 1. The maximum atomic E-state index is 12.5. The van der Waals surface area contributed by atoms with E-state index in [9.17, 15) is 9.59 Å². The van der Waals surface area contributed by atoms with E-state index >= 15 is 0 Å². The third-order valence-corrected chi connectivity index (χ3v) is 4.76. The Morgan fingerprint density at radius 3 is 2.85 bits per heavy atom. The van der Waals surface area contributed by atoms with Crippen LogP contribution >= 0.6 is 15.9 Å². The van der Waals surface area contributed by atoms with Gasteiger partial charge in [-0.15, -0.1) is 0 Å². The Balaban J connectivity index is 1.74. The fraction of sp³-hybridized carbons (Fsp3) is 0.500. The second kappa shape index (κ2) is 9.29. The van der Waals surface area contributed by atoms with Crippen LogP contribution in [-0.4, -0.2) is 65.6 Å². The first-order valence-corrected chi connectivity index (χ1v) is 9.78. The average molecular weight is 439 g/mol. The van der Waals surface area contributed by atoms with E-state index in [2.05, 4.69) is 31.1 Å². The van der Waals surface area contributed by atoms with Gasteiger partial charge in [-0.3, -0.25) is 18.9 Å². The van der Waals surface area contributed by atoms with Crippen LogP contribution in [0.5, 0.6) is 0 Å². The zero-order valence-corrected chi connectivity index (χ0v) is 16.8. The molecule has 3 rings (SSSR count). The van der Waals surface area contributed by atoms with Crippen LogP contribution in [0, 0.1) is 0 Å². The van der Waals surface area contributed by atoms with E-state index in [-0.39, 0.29) is 18.3 Å². The molecule has 3 heterocycles. The van der Waals surface area contributed by atoms with Crippen LogP contribution in [0.1, 0.15) is 19.0 Å². The number of nitrogens with one attached hydrogen (secondary N) is 1. The van der Waals surface area contributed by atoms with Crippen LogP contribution in [0.4, 0.5) is 5.82 Å². The highest BCUT2D eigenvalue weighted by molar-refractivity contribution is 9.10. The Morgan fingerprint density at radius 1 is 1.33 bits per heavy atom. The third kappa shape index (κ3) is 5.27. The zero-order valence-electron chi connectivity index (χ0n) is 15.2. The van der Waals surface area contributed by atoms with Gasteiger partial charge in [-0.2, -0.15) is 0 Å². The van der Waals surface area contributed by atoms with E-state index in [1.165, 1.54) is 0 Å². The minimum Gasteiger partial charge on any atom is -0.466 e. The molecular formula is C18H23BrN4O4. The molecule has 2 aromatic heterocycles. The maximum absolute atomic E-state index is 12.5. The smallest absolute Gasteiger partial charge is 0.312 e. The van der Waals surface area contributed by atoms with Crippen molar-refractivity contribution in [2.45, 2.75) is 19.8 Å². The molecule has 1 aliphatic rings. The van der Waals surface area contributed by atoms with Crippen LogP contribution in [0.3, 0.4) is 0 Å². The molecule has 27 heavy (non-hydrogen) atoms. The molecule has 1 aliphatic heterocycles. The average Bonchev–Trinajstić information content (AvgIpc) is 2.97. The van der Waals surface area contributed by atoms with Crippen molar-refractivity contribution in [1.29, 1.82) is 0 Å².